The first-order chi connectivity index (χ1) is 15.5. The van der Waals surface area contributed by atoms with E-state index in [2.05, 4.69) is 0 Å². The van der Waals surface area contributed by atoms with E-state index in [0.29, 0.717) is 26.9 Å². The first kappa shape index (κ1) is 23.5. The fourth-order valence-electron chi connectivity index (χ4n) is 4.58. The summed E-state index contributed by atoms with van der Waals surface area (Å²) in [6, 6.07) is 14.2. The molecule has 1 aliphatic heterocycles. The number of nitrogens with zero attached hydrogens (tertiary/aromatic N) is 1. The molecule has 0 bridgehead atoms. The summed E-state index contributed by atoms with van der Waals surface area (Å²) in [6.07, 6.45) is -0.360. The van der Waals surface area contributed by atoms with Gasteiger partial charge in [0, 0.05) is 21.2 Å². The Labute approximate surface area is 203 Å². The molecule has 1 heterocycles. The van der Waals surface area contributed by atoms with Crippen LogP contribution in [0, 0.1) is 27.7 Å². The summed E-state index contributed by atoms with van der Waals surface area (Å²) >= 11 is 12.2. The highest BCUT2D eigenvalue weighted by atomic mass is 35.5. The molecule has 3 aromatic carbocycles. The van der Waals surface area contributed by atoms with Gasteiger partial charge in [-0.3, -0.25) is 9.59 Å². The molecule has 0 saturated heterocycles. The van der Waals surface area contributed by atoms with Gasteiger partial charge in [0.1, 0.15) is 0 Å². The Bertz CT molecular complexity index is 1260. The number of ketones is 1. The van der Waals surface area contributed by atoms with Crippen molar-refractivity contribution in [2.75, 3.05) is 4.90 Å². The van der Waals surface area contributed by atoms with Gasteiger partial charge in [-0.15, -0.1) is 0 Å². The number of Topliss-reactive ketones (excluding diaryl/α,β-unsaturated/α-hetero) is 1. The number of hydrogen-bond donors (Lipinski definition) is 1. The van der Waals surface area contributed by atoms with Gasteiger partial charge in [-0.05, 0) is 85.8 Å². The molecule has 6 heteroatoms. The van der Waals surface area contributed by atoms with Crippen LogP contribution in [0.2, 0.25) is 10.0 Å². The van der Waals surface area contributed by atoms with Crippen LogP contribution < -0.4 is 4.90 Å². The Hall–Kier alpha value is -2.66. The number of carbonyl (C=O) groups is 2. The van der Waals surface area contributed by atoms with Crippen molar-refractivity contribution in [3.05, 3.63) is 97.5 Å². The van der Waals surface area contributed by atoms with Crippen molar-refractivity contribution in [3.8, 4) is 0 Å². The van der Waals surface area contributed by atoms with Gasteiger partial charge in [-0.25, -0.2) is 0 Å². The zero-order valence-corrected chi connectivity index (χ0v) is 20.5. The van der Waals surface area contributed by atoms with E-state index in [1.54, 1.807) is 30.3 Å². The number of fused-ring (bicyclic) bond motifs is 1. The lowest BCUT2D eigenvalue weighted by molar-refractivity contribution is -0.136. The van der Waals surface area contributed by atoms with Crippen molar-refractivity contribution in [1.82, 2.24) is 0 Å². The number of hydrogen-bond acceptors (Lipinski definition) is 3. The van der Waals surface area contributed by atoms with E-state index in [4.69, 9.17) is 23.2 Å². The van der Waals surface area contributed by atoms with Crippen LogP contribution in [-0.2, 0) is 16.9 Å². The molecule has 0 saturated carbocycles. The highest BCUT2D eigenvalue weighted by molar-refractivity contribution is 6.31. The summed E-state index contributed by atoms with van der Waals surface area (Å²) in [5.74, 6) is -0.810. The predicted molar refractivity (Wildman–Crippen MR) is 132 cm³/mol. The Kier molecular flexibility index (Phi) is 6.12. The lowest BCUT2D eigenvalue weighted by Crippen LogP contribution is -2.41. The highest BCUT2D eigenvalue weighted by Crippen LogP contribution is 2.45. The summed E-state index contributed by atoms with van der Waals surface area (Å²) in [7, 11) is 0. The van der Waals surface area contributed by atoms with Crippen molar-refractivity contribution in [3.63, 3.8) is 0 Å². The Balaban J connectivity index is 1.75. The van der Waals surface area contributed by atoms with Gasteiger partial charge >= 0.3 is 0 Å². The minimum atomic E-state index is -2.00. The zero-order chi connectivity index (χ0) is 24.1. The van der Waals surface area contributed by atoms with Crippen molar-refractivity contribution in [1.29, 1.82) is 0 Å². The normalized spacial score (nSPS) is 17.4. The average molecular weight is 482 g/mol. The summed E-state index contributed by atoms with van der Waals surface area (Å²) in [6.45, 7) is 7.94. The lowest BCUT2D eigenvalue weighted by Gasteiger charge is -2.24. The third-order valence-electron chi connectivity index (χ3n) is 6.61. The molecule has 0 fully saturated rings. The fourth-order valence-corrected chi connectivity index (χ4v) is 4.88. The van der Waals surface area contributed by atoms with Crippen molar-refractivity contribution in [2.45, 2.75) is 46.3 Å². The summed E-state index contributed by atoms with van der Waals surface area (Å²) in [4.78, 5) is 28.6. The molecule has 4 rings (SSSR count). The monoisotopic (exact) mass is 481 g/mol. The van der Waals surface area contributed by atoms with E-state index in [0.717, 1.165) is 27.8 Å². The molecule has 0 unspecified atom stereocenters. The van der Waals surface area contributed by atoms with Crippen LogP contribution in [0.4, 0.5) is 5.69 Å². The van der Waals surface area contributed by atoms with Crippen LogP contribution in [-0.4, -0.2) is 16.8 Å². The smallest absolute Gasteiger partial charge is 0.264 e. The maximum absolute atomic E-state index is 13.6. The molecule has 1 aliphatic rings. The second kappa shape index (κ2) is 8.60. The highest BCUT2D eigenvalue weighted by Gasteiger charge is 2.51. The van der Waals surface area contributed by atoms with E-state index in [1.165, 1.54) is 4.90 Å². The quantitative estimate of drug-likeness (QED) is 0.439. The van der Waals surface area contributed by atoms with Crippen LogP contribution in [0.1, 0.15) is 50.2 Å². The largest absolute Gasteiger partial charge is 0.375 e. The fraction of sp³-hybridized carbons (Fsp3) is 0.259. The number of aliphatic hydroxyl groups is 1. The van der Waals surface area contributed by atoms with Gasteiger partial charge < -0.3 is 10.0 Å². The van der Waals surface area contributed by atoms with Crippen LogP contribution in [0.3, 0.4) is 0 Å². The third kappa shape index (κ3) is 4.08. The van der Waals surface area contributed by atoms with Crippen LogP contribution in [0.15, 0.2) is 48.5 Å². The Morgan fingerprint density at radius 1 is 0.909 bits per heavy atom. The maximum atomic E-state index is 13.6. The number of rotatable bonds is 5. The van der Waals surface area contributed by atoms with E-state index in [1.807, 2.05) is 45.9 Å². The number of carbonyl (C=O) groups excluding carboxylic acids is 2. The molecule has 1 N–H and O–H groups in total. The third-order valence-corrected chi connectivity index (χ3v) is 7.10. The average Bonchev–Trinajstić information content (AvgIpc) is 2.95. The molecule has 3 aromatic rings. The zero-order valence-electron chi connectivity index (χ0n) is 19.0. The number of anilines is 1. The number of halogens is 2. The predicted octanol–water partition coefficient (Wildman–Crippen LogP) is 6.23. The van der Waals surface area contributed by atoms with Crippen LogP contribution >= 0.6 is 23.2 Å². The van der Waals surface area contributed by atoms with E-state index < -0.39 is 11.5 Å². The standard InChI is InChI=1S/C27H25Cl2NO3/c1-15-11-16(2)18(4)25(17(15)3)24(31)13-27(33)22-12-21(29)9-10-23(22)30(26(27)32)14-19-5-7-20(28)8-6-19/h5-12,33H,13-14H2,1-4H3/t27-/m0/s1. The van der Waals surface area contributed by atoms with Crippen LogP contribution in [0.5, 0.6) is 0 Å². The molecule has 0 radical (unpaired) electrons. The topological polar surface area (TPSA) is 57.6 Å². The van der Waals surface area contributed by atoms with Gasteiger partial charge in [-0.2, -0.15) is 0 Å². The van der Waals surface area contributed by atoms with Gasteiger partial charge in [0.2, 0.25) is 0 Å². The molecule has 33 heavy (non-hydrogen) atoms. The van der Waals surface area contributed by atoms with E-state index >= 15 is 0 Å². The number of amides is 1. The molecule has 1 amide bonds. The van der Waals surface area contributed by atoms with E-state index in [9.17, 15) is 14.7 Å². The second-order valence-electron chi connectivity index (χ2n) is 8.77. The molecule has 0 spiro atoms. The van der Waals surface area contributed by atoms with Crippen molar-refractivity contribution >= 4 is 40.6 Å². The molecular weight excluding hydrogens is 457 g/mol. The molecule has 0 aromatic heterocycles. The Morgan fingerprint density at radius 3 is 2.09 bits per heavy atom. The van der Waals surface area contributed by atoms with Gasteiger partial charge in [0.25, 0.3) is 5.91 Å². The molecule has 0 aliphatic carbocycles. The first-order valence-corrected chi connectivity index (χ1v) is 11.5. The maximum Gasteiger partial charge on any atom is 0.264 e. The van der Waals surface area contributed by atoms with Gasteiger partial charge in [-0.1, -0.05) is 41.4 Å². The van der Waals surface area contributed by atoms with Gasteiger partial charge in [0.05, 0.1) is 18.7 Å². The number of benzene rings is 3. The molecule has 170 valence electrons. The molecule has 1 atom stereocenters. The Morgan fingerprint density at radius 2 is 1.48 bits per heavy atom. The van der Waals surface area contributed by atoms with Crippen LogP contribution in [0.25, 0.3) is 0 Å². The molecule has 4 nitrogen and oxygen atoms in total. The SMILES string of the molecule is Cc1cc(C)c(C)c(C(=O)C[C@@]2(O)C(=O)N(Cc3ccc(Cl)cc3)c3ccc(Cl)cc32)c1C. The summed E-state index contributed by atoms with van der Waals surface area (Å²) < 4.78 is 0. The summed E-state index contributed by atoms with van der Waals surface area (Å²) in [5, 5.41) is 12.7. The first-order valence-electron chi connectivity index (χ1n) is 10.7. The summed E-state index contributed by atoms with van der Waals surface area (Å²) in [5.41, 5.74) is 4.03. The van der Waals surface area contributed by atoms with Crippen molar-refractivity contribution < 1.29 is 14.7 Å². The minimum absolute atomic E-state index is 0.239. The minimum Gasteiger partial charge on any atom is -0.375 e. The lowest BCUT2D eigenvalue weighted by atomic mass is 9.84. The van der Waals surface area contributed by atoms with E-state index in [-0.39, 0.29) is 18.7 Å². The van der Waals surface area contributed by atoms with Crippen molar-refractivity contribution in [2.24, 2.45) is 0 Å². The molecular formula is C27H25Cl2NO3. The second-order valence-corrected chi connectivity index (χ2v) is 9.65. The number of aryl methyl sites for hydroxylation is 2. The van der Waals surface area contributed by atoms with Gasteiger partial charge in [0.15, 0.2) is 11.4 Å².